The Morgan fingerprint density at radius 1 is 1.57 bits per heavy atom. The zero-order chi connectivity index (χ0) is 5.11. The first kappa shape index (κ1) is 5.10. The Labute approximate surface area is 45.1 Å². The van der Waals surface area contributed by atoms with Gasteiger partial charge in [-0.25, -0.2) is 0 Å². The molecule has 0 aliphatic heterocycles. The van der Waals surface area contributed by atoms with Gasteiger partial charge in [-0.05, 0) is 25.8 Å². The Bertz CT molecular complexity index is 48.1. The Morgan fingerprint density at radius 2 is 2.29 bits per heavy atom. The van der Waals surface area contributed by atoms with Crippen LogP contribution in [-0.2, 0) is 0 Å². The molecule has 1 fully saturated rings. The number of rotatable bonds is 2. The van der Waals surface area contributed by atoms with E-state index >= 15 is 0 Å². The summed E-state index contributed by atoms with van der Waals surface area (Å²) in [4.78, 5) is 0. The van der Waals surface area contributed by atoms with Gasteiger partial charge in [0.1, 0.15) is 0 Å². The minimum absolute atomic E-state index is 1.11. The van der Waals surface area contributed by atoms with Gasteiger partial charge in [0.05, 0.1) is 0 Å². The third-order valence-electron chi connectivity index (χ3n) is 1.38. The molecule has 1 heteroatoms. The van der Waals surface area contributed by atoms with Gasteiger partial charge in [-0.3, -0.25) is 0 Å². The van der Waals surface area contributed by atoms with Crippen molar-refractivity contribution >= 4 is 0 Å². The minimum Gasteiger partial charge on any atom is -0.310 e. The Kier molecular flexibility index (Phi) is 1.69. The molecule has 7 heavy (non-hydrogen) atoms. The van der Waals surface area contributed by atoms with Gasteiger partial charge < -0.3 is 5.32 Å². The molecule has 0 heterocycles. The summed E-state index contributed by atoms with van der Waals surface area (Å²) in [5.41, 5.74) is 0. The minimum atomic E-state index is 1.11. The van der Waals surface area contributed by atoms with E-state index in [0.29, 0.717) is 0 Å². The lowest BCUT2D eigenvalue weighted by molar-refractivity contribution is 0.470. The van der Waals surface area contributed by atoms with E-state index in [-0.39, 0.29) is 0 Å². The van der Waals surface area contributed by atoms with Crippen molar-refractivity contribution in [1.29, 1.82) is 0 Å². The SMILES string of the molecule is CCN[C]1CCC1. The van der Waals surface area contributed by atoms with Crippen LogP contribution in [0.1, 0.15) is 26.2 Å². The van der Waals surface area contributed by atoms with Gasteiger partial charge in [0.2, 0.25) is 0 Å². The van der Waals surface area contributed by atoms with Crippen LogP contribution in [0, 0.1) is 6.04 Å². The zero-order valence-electron chi connectivity index (χ0n) is 4.83. The van der Waals surface area contributed by atoms with Crippen LogP contribution in [0.2, 0.25) is 0 Å². The lowest BCUT2D eigenvalue weighted by Crippen LogP contribution is -2.26. The van der Waals surface area contributed by atoms with Gasteiger partial charge in [0.15, 0.2) is 0 Å². The topological polar surface area (TPSA) is 12.0 Å². The van der Waals surface area contributed by atoms with E-state index in [2.05, 4.69) is 12.2 Å². The molecule has 1 aliphatic carbocycles. The first-order valence-electron chi connectivity index (χ1n) is 3.02. The highest BCUT2D eigenvalue weighted by molar-refractivity contribution is 4.94. The largest absolute Gasteiger partial charge is 0.310 e. The van der Waals surface area contributed by atoms with Gasteiger partial charge >= 0.3 is 0 Å². The number of nitrogens with one attached hydrogen (secondary N) is 1. The Hall–Kier alpha value is -0.0400. The average Bonchev–Trinajstić information content (AvgIpc) is 1.55. The second-order valence-corrected chi connectivity index (χ2v) is 1.99. The lowest BCUT2D eigenvalue weighted by Gasteiger charge is -2.24. The molecule has 0 amide bonds. The molecule has 1 radical (unpaired) electrons. The van der Waals surface area contributed by atoms with E-state index in [1.165, 1.54) is 19.3 Å². The predicted molar refractivity (Wildman–Crippen MR) is 30.8 cm³/mol. The molecule has 1 aliphatic rings. The molecule has 0 atom stereocenters. The van der Waals surface area contributed by atoms with Crippen molar-refractivity contribution in [3.8, 4) is 0 Å². The molecule has 0 bridgehead atoms. The predicted octanol–water partition coefficient (Wildman–Crippen LogP) is 1.31. The van der Waals surface area contributed by atoms with Crippen LogP contribution in [0.15, 0.2) is 0 Å². The molecule has 0 aromatic heterocycles. The van der Waals surface area contributed by atoms with Crippen LogP contribution in [0.3, 0.4) is 0 Å². The van der Waals surface area contributed by atoms with Crippen molar-refractivity contribution in [3.63, 3.8) is 0 Å². The normalized spacial score (nSPS) is 21.9. The van der Waals surface area contributed by atoms with Crippen LogP contribution in [-0.4, -0.2) is 6.54 Å². The average molecular weight is 98.2 g/mol. The van der Waals surface area contributed by atoms with Crippen LogP contribution in [0.4, 0.5) is 0 Å². The van der Waals surface area contributed by atoms with Crippen molar-refractivity contribution in [3.05, 3.63) is 6.04 Å². The van der Waals surface area contributed by atoms with Gasteiger partial charge in [0.25, 0.3) is 0 Å². The number of hydrogen-bond donors (Lipinski definition) is 1. The zero-order valence-corrected chi connectivity index (χ0v) is 4.83. The maximum Gasteiger partial charge on any atom is 0.0363 e. The summed E-state index contributed by atoms with van der Waals surface area (Å²) >= 11 is 0. The molecule has 0 aromatic carbocycles. The van der Waals surface area contributed by atoms with Gasteiger partial charge in [-0.1, -0.05) is 6.92 Å². The monoisotopic (exact) mass is 98.1 g/mol. The Balaban J connectivity index is 1.93. The summed E-state index contributed by atoms with van der Waals surface area (Å²) in [5, 5.41) is 3.30. The summed E-state index contributed by atoms with van der Waals surface area (Å²) < 4.78 is 0. The molecule has 0 aromatic rings. The van der Waals surface area contributed by atoms with E-state index < -0.39 is 0 Å². The molecule has 1 saturated carbocycles. The fourth-order valence-corrected chi connectivity index (χ4v) is 0.780. The fourth-order valence-electron chi connectivity index (χ4n) is 0.780. The molecule has 1 N–H and O–H groups in total. The van der Waals surface area contributed by atoms with Crippen molar-refractivity contribution in [2.45, 2.75) is 26.2 Å². The third-order valence-corrected chi connectivity index (χ3v) is 1.38. The molecule has 0 unspecified atom stereocenters. The highest BCUT2D eigenvalue weighted by Gasteiger charge is 2.15. The second-order valence-electron chi connectivity index (χ2n) is 1.99. The van der Waals surface area contributed by atoms with Crippen molar-refractivity contribution in [2.75, 3.05) is 6.54 Å². The van der Waals surface area contributed by atoms with Gasteiger partial charge in [-0.15, -0.1) is 0 Å². The molecular formula is C6H12N. The van der Waals surface area contributed by atoms with E-state index in [1.807, 2.05) is 0 Å². The van der Waals surface area contributed by atoms with E-state index in [4.69, 9.17) is 0 Å². The van der Waals surface area contributed by atoms with Crippen molar-refractivity contribution in [2.24, 2.45) is 0 Å². The van der Waals surface area contributed by atoms with Crippen LogP contribution in [0.25, 0.3) is 0 Å². The molecule has 41 valence electrons. The molecule has 1 rings (SSSR count). The maximum absolute atomic E-state index is 3.30. The summed E-state index contributed by atoms with van der Waals surface area (Å²) in [7, 11) is 0. The standard InChI is InChI=1S/C6H12N/c1-2-7-6-4-3-5-6/h7H,2-5H2,1H3. The van der Waals surface area contributed by atoms with Gasteiger partial charge in [-0.2, -0.15) is 0 Å². The first-order valence-corrected chi connectivity index (χ1v) is 3.02. The summed E-state index contributed by atoms with van der Waals surface area (Å²) in [6, 6.07) is 1.56. The quantitative estimate of drug-likeness (QED) is 0.549. The maximum atomic E-state index is 3.30. The lowest BCUT2D eigenvalue weighted by atomic mass is 9.93. The third kappa shape index (κ3) is 1.16. The Morgan fingerprint density at radius 3 is 2.43 bits per heavy atom. The summed E-state index contributed by atoms with van der Waals surface area (Å²) in [5.74, 6) is 0. The van der Waals surface area contributed by atoms with Crippen LogP contribution >= 0.6 is 0 Å². The fraction of sp³-hybridized carbons (Fsp3) is 0.833. The molecular weight excluding hydrogens is 86.1 g/mol. The number of hydrogen-bond acceptors (Lipinski definition) is 1. The molecule has 1 nitrogen and oxygen atoms in total. The van der Waals surface area contributed by atoms with Gasteiger partial charge in [0, 0.05) is 6.04 Å². The van der Waals surface area contributed by atoms with Crippen molar-refractivity contribution in [1.82, 2.24) is 5.32 Å². The summed E-state index contributed by atoms with van der Waals surface area (Å²) in [6.45, 7) is 3.25. The highest BCUT2D eigenvalue weighted by atomic mass is 14.9. The highest BCUT2D eigenvalue weighted by Crippen LogP contribution is 2.24. The van der Waals surface area contributed by atoms with E-state index in [0.717, 1.165) is 6.54 Å². The van der Waals surface area contributed by atoms with Crippen LogP contribution in [0.5, 0.6) is 0 Å². The van der Waals surface area contributed by atoms with E-state index in [9.17, 15) is 0 Å². The van der Waals surface area contributed by atoms with Crippen LogP contribution < -0.4 is 5.32 Å². The van der Waals surface area contributed by atoms with Crippen molar-refractivity contribution < 1.29 is 0 Å². The van der Waals surface area contributed by atoms with E-state index in [1.54, 1.807) is 6.04 Å². The first-order chi connectivity index (χ1) is 3.43. The molecule has 0 saturated heterocycles. The smallest absolute Gasteiger partial charge is 0.0363 e. The summed E-state index contributed by atoms with van der Waals surface area (Å²) in [6.07, 6.45) is 4.06. The second kappa shape index (κ2) is 2.31. The molecule has 0 spiro atoms.